The molecule has 0 aromatic carbocycles. The molecule has 0 fully saturated rings. The highest BCUT2D eigenvalue weighted by Gasteiger charge is 2.04. The van der Waals surface area contributed by atoms with Crippen LogP contribution in [-0.4, -0.2) is 12.5 Å². The Hall–Kier alpha value is -0.790. The lowest BCUT2D eigenvalue weighted by molar-refractivity contribution is -0.120. The van der Waals surface area contributed by atoms with Crippen molar-refractivity contribution in [2.75, 3.05) is 6.54 Å². The molecule has 0 saturated carbocycles. The summed E-state index contributed by atoms with van der Waals surface area (Å²) in [4.78, 5) is 10.9. The summed E-state index contributed by atoms with van der Waals surface area (Å²) >= 11 is 0. The lowest BCUT2D eigenvalue weighted by Gasteiger charge is -2.03. The van der Waals surface area contributed by atoms with E-state index in [1.54, 1.807) is 0 Å². The molecule has 2 nitrogen and oxygen atoms in total. The molecular weight excluding hydrogens is 150 g/mol. The Bertz CT molecular complexity index is 184. The fourth-order valence-corrected chi connectivity index (χ4v) is 1.45. The first-order valence-corrected chi connectivity index (χ1v) is 4.77. The molecule has 2 heteroatoms. The molecule has 1 aliphatic rings. The topological polar surface area (TPSA) is 29.1 Å². The Morgan fingerprint density at radius 2 is 2.50 bits per heavy atom. The third kappa shape index (κ3) is 3.07. The third-order valence-electron chi connectivity index (χ3n) is 2.22. The summed E-state index contributed by atoms with van der Waals surface area (Å²) in [6.45, 7) is 2.70. The molecule has 0 bridgehead atoms. The van der Waals surface area contributed by atoms with Crippen LogP contribution in [0.1, 0.15) is 39.0 Å². The van der Waals surface area contributed by atoms with Crippen LogP contribution in [0.25, 0.3) is 0 Å². The van der Waals surface area contributed by atoms with Gasteiger partial charge in [-0.2, -0.15) is 0 Å². The van der Waals surface area contributed by atoms with E-state index in [4.69, 9.17) is 0 Å². The second-order valence-corrected chi connectivity index (χ2v) is 3.21. The second kappa shape index (κ2) is 4.96. The molecule has 0 spiro atoms. The Morgan fingerprint density at radius 3 is 3.08 bits per heavy atom. The highest BCUT2D eigenvalue weighted by molar-refractivity contribution is 5.75. The van der Waals surface area contributed by atoms with Gasteiger partial charge < -0.3 is 5.32 Å². The SMILES string of the molecule is CCC(=O)NCCC1=CCCC1. The zero-order valence-electron chi connectivity index (χ0n) is 7.73. The van der Waals surface area contributed by atoms with E-state index in [0.717, 1.165) is 13.0 Å². The molecule has 0 aliphatic heterocycles. The van der Waals surface area contributed by atoms with Crippen LogP contribution in [0, 0.1) is 0 Å². The molecule has 0 heterocycles. The summed E-state index contributed by atoms with van der Waals surface area (Å²) in [6, 6.07) is 0. The minimum atomic E-state index is 0.161. The number of hydrogen-bond acceptors (Lipinski definition) is 1. The van der Waals surface area contributed by atoms with Gasteiger partial charge in [0.1, 0.15) is 0 Å². The van der Waals surface area contributed by atoms with Crippen LogP contribution >= 0.6 is 0 Å². The normalized spacial score (nSPS) is 15.9. The van der Waals surface area contributed by atoms with Crippen molar-refractivity contribution in [1.29, 1.82) is 0 Å². The number of amides is 1. The smallest absolute Gasteiger partial charge is 0.219 e. The summed E-state index contributed by atoms with van der Waals surface area (Å²) in [5.41, 5.74) is 1.52. The summed E-state index contributed by atoms with van der Waals surface area (Å²) in [5.74, 6) is 0.161. The van der Waals surface area contributed by atoms with Gasteiger partial charge >= 0.3 is 0 Å². The van der Waals surface area contributed by atoms with Gasteiger partial charge in [-0.3, -0.25) is 4.79 Å². The zero-order chi connectivity index (χ0) is 8.81. The van der Waals surface area contributed by atoms with Crippen molar-refractivity contribution < 1.29 is 4.79 Å². The van der Waals surface area contributed by atoms with Gasteiger partial charge in [-0.15, -0.1) is 0 Å². The third-order valence-corrected chi connectivity index (χ3v) is 2.22. The van der Waals surface area contributed by atoms with E-state index in [-0.39, 0.29) is 5.91 Å². The first-order valence-electron chi connectivity index (χ1n) is 4.77. The van der Waals surface area contributed by atoms with E-state index in [0.29, 0.717) is 6.42 Å². The van der Waals surface area contributed by atoms with Crippen molar-refractivity contribution >= 4 is 5.91 Å². The first kappa shape index (κ1) is 9.30. The Labute approximate surface area is 74.0 Å². The van der Waals surface area contributed by atoms with Crippen LogP contribution in [0.2, 0.25) is 0 Å². The zero-order valence-corrected chi connectivity index (χ0v) is 7.73. The number of nitrogens with one attached hydrogen (secondary N) is 1. The molecule has 0 unspecified atom stereocenters. The Kier molecular flexibility index (Phi) is 3.85. The van der Waals surface area contributed by atoms with E-state index >= 15 is 0 Å². The molecule has 12 heavy (non-hydrogen) atoms. The number of carbonyl (C=O) groups excluding carboxylic acids is 1. The van der Waals surface area contributed by atoms with Gasteiger partial charge in [-0.05, 0) is 25.7 Å². The molecule has 1 N–H and O–H groups in total. The Balaban J connectivity index is 2.05. The predicted octanol–water partition coefficient (Wildman–Crippen LogP) is 2.01. The van der Waals surface area contributed by atoms with Gasteiger partial charge in [0, 0.05) is 13.0 Å². The highest BCUT2D eigenvalue weighted by Crippen LogP contribution is 2.19. The van der Waals surface area contributed by atoms with Crippen LogP contribution in [0.3, 0.4) is 0 Å². The van der Waals surface area contributed by atoms with E-state index in [1.807, 2.05) is 6.92 Å². The van der Waals surface area contributed by atoms with Crippen molar-refractivity contribution in [3.05, 3.63) is 11.6 Å². The standard InChI is InChI=1S/C10H17NO/c1-2-10(12)11-8-7-9-5-3-4-6-9/h5H,2-4,6-8H2,1H3,(H,11,12). The maximum Gasteiger partial charge on any atom is 0.219 e. The average Bonchev–Trinajstić information content (AvgIpc) is 2.57. The molecule has 0 saturated heterocycles. The number of carbonyl (C=O) groups is 1. The van der Waals surface area contributed by atoms with Crippen LogP contribution in [0.4, 0.5) is 0 Å². The molecule has 1 aliphatic carbocycles. The Morgan fingerprint density at radius 1 is 1.67 bits per heavy atom. The number of allylic oxidation sites excluding steroid dienone is 1. The van der Waals surface area contributed by atoms with E-state index in [1.165, 1.54) is 24.8 Å². The van der Waals surface area contributed by atoms with Crippen LogP contribution in [0.15, 0.2) is 11.6 Å². The molecular formula is C10H17NO. The van der Waals surface area contributed by atoms with Gasteiger partial charge in [-0.25, -0.2) is 0 Å². The molecule has 0 radical (unpaired) electrons. The van der Waals surface area contributed by atoms with Crippen LogP contribution in [0.5, 0.6) is 0 Å². The molecule has 0 aromatic rings. The van der Waals surface area contributed by atoms with Crippen LogP contribution < -0.4 is 5.32 Å². The minimum Gasteiger partial charge on any atom is -0.356 e. The number of rotatable bonds is 4. The van der Waals surface area contributed by atoms with E-state index in [9.17, 15) is 4.79 Å². The first-order chi connectivity index (χ1) is 5.83. The van der Waals surface area contributed by atoms with Crippen molar-refractivity contribution in [1.82, 2.24) is 5.32 Å². The van der Waals surface area contributed by atoms with E-state index in [2.05, 4.69) is 11.4 Å². The summed E-state index contributed by atoms with van der Waals surface area (Å²) < 4.78 is 0. The van der Waals surface area contributed by atoms with Gasteiger partial charge in [0.2, 0.25) is 5.91 Å². The molecule has 1 rings (SSSR count). The molecule has 1 amide bonds. The monoisotopic (exact) mass is 167 g/mol. The average molecular weight is 167 g/mol. The largest absolute Gasteiger partial charge is 0.356 e. The fraction of sp³-hybridized carbons (Fsp3) is 0.700. The maximum atomic E-state index is 10.9. The summed E-state index contributed by atoms with van der Waals surface area (Å²) in [7, 11) is 0. The second-order valence-electron chi connectivity index (χ2n) is 3.21. The van der Waals surface area contributed by atoms with Gasteiger partial charge in [0.15, 0.2) is 0 Å². The minimum absolute atomic E-state index is 0.161. The molecule has 68 valence electrons. The van der Waals surface area contributed by atoms with Crippen molar-refractivity contribution in [2.24, 2.45) is 0 Å². The van der Waals surface area contributed by atoms with E-state index < -0.39 is 0 Å². The van der Waals surface area contributed by atoms with Gasteiger partial charge in [0.25, 0.3) is 0 Å². The molecule has 0 aromatic heterocycles. The van der Waals surface area contributed by atoms with Crippen LogP contribution in [-0.2, 0) is 4.79 Å². The van der Waals surface area contributed by atoms with Crippen molar-refractivity contribution in [3.8, 4) is 0 Å². The summed E-state index contributed by atoms with van der Waals surface area (Å²) in [5, 5.41) is 2.88. The van der Waals surface area contributed by atoms with Crippen molar-refractivity contribution in [2.45, 2.75) is 39.0 Å². The predicted molar refractivity (Wildman–Crippen MR) is 49.9 cm³/mol. The number of hydrogen-bond donors (Lipinski definition) is 1. The maximum absolute atomic E-state index is 10.9. The quantitative estimate of drug-likeness (QED) is 0.638. The van der Waals surface area contributed by atoms with Crippen molar-refractivity contribution in [3.63, 3.8) is 0 Å². The summed E-state index contributed by atoms with van der Waals surface area (Å²) in [6.07, 6.45) is 7.72. The highest BCUT2D eigenvalue weighted by atomic mass is 16.1. The fourth-order valence-electron chi connectivity index (χ4n) is 1.45. The molecule has 0 atom stereocenters. The van der Waals surface area contributed by atoms with Gasteiger partial charge in [0.05, 0.1) is 0 Å². The lowest BCUT2D eigenvalue weighted by Crippen LogP contribution is -2.23. The van der Waals surface area contributed by atoms with Gasteiger partial charge in [-0.1, -0.05) is 18.6 Å². The lowest BCUT2D eigenvalue weighted by atomic mass is 10.2.